The number of benzene rings is 1. The molecule has 2 N–H and O–H groups in total. The third-order valence-electron chi connectivity index (χ3n) is 3.09. The highest BCUT2D eigenvalue weighted by molar-refractivity contribution is 6.30. The zero-order valence-corrected chi connectivity index (χ0v) is 9.46. The van der Waals surface area contributed by atoms with Crippen molar-refractivity contribution in [2.24, 2.45) is 11.1 Å². The standard InChI is InChI=1S/C12H16ClNO/c13-11-3-1-2-10(6-11)7-12(8-14)4-5-15-9-12/h1-3,6H,4-5,7-9,14H2. The molecule has 1 heterocycles. The van der Waals surface area contributed by atoms with Crippen molar-refractivity contribution in [3.63, 3.8) is 0 Å². The maximum Gasteiger partial charge on any atom is 0.0538 e. The number of hydrogen-bond acceptors (Lipinski definition) is 2. The summed E-state index contributed by atoms with van der Waals surface area (Å²) in [7, 11) is 0. The Balaban J connectivity index is 2.12. The molecule has 1 aliphatic rings. The van der Waals surface area contributed by atoms with Gasteiger partial charge in [0, 0.05) is 23.6 Å². The fourth-order valence-corrected chi connectivity index (χ4v) is 2.31. The van der Waals surface area contributed by atoms with Gasteiger partial charge in [-0.05, 0) is 30.5 Å². The van der Waals surface area contributed by atoms with Crippen LogP contribution in [0.5, 0.6) is 0 Å². The Morgan fingerprint density at radius 1 is 1.47 bits per heavy atom. The minimum Gasteiger partial charge on any atom is -0.381 e. The summed E-state index contributed by atoms with van der Waals surface area (Å²) in [6.45, 7) is 2.29. The molecular weight excluding hydrogens is 210 g/mol. The second kappa shape index (κ2) is 4.52. The highest BCUT2D eigenvalue weighted by Crippen LogP contribution is 2.31. The zero-order valence-electron chi connectivity index (χ0n) is 8.71. The highest BCUT2D eigenvalue weighted by Gasteiger charge is 2.33. The molecule has 0 aliphatic carbocycles. The summed E-state index contributed by atoms with van der Waals surface area (Å²) in [5, 5.41) is 0.790. The van der Waals surface area contributed by atoms with Gasteiger partial charge in [-0.3, -0.25) is 0 Å². The molecule has 0 amide bonds. The molecular formula is C12H16ClNO. The molecule has 0 radical (unpaired) electrons. The second-order valence-corrected chi connectivity index (χ2v) is 4.75. The lowest BCUT2D eigenvalue weighted by Crippen LogP contribution is -2.33. The van der Waals surface area contributed by atoms with Crippen molar-refractivity contribution >= 4 is 11.6 Å². The van der Waals surface area contributed by atoms with Crippen LogP contribution < -0.4 is 5.73 Å². The molecule has 1 saturated heterocycles. The van der Waals surface area contributed by atoms with E-state index >= 15 is 0 Å². The summed E-state index contributed by atoms with van der Waals surface area (Å²) in [5.74, 6) is 0. The lowest BCUT2D eigenvalue weighted by atomic mass is 9.81. The molecule has 82 valence electrons. The minimum atomic E-state index is 0.130. The molecule has 1 aromatic carbocycles. The van der Waals surface area contributed by atoms with Gasteiger partial charge >= 0.3 is 0 Å². The van der Waals surface area contributed by atoms with Gasteiger partial charge in [0.15, 0.2) is 0 Å². The van der Waals surface area contributed by atoms with E-state index in [9.17, 15) is 0 Å². The Morgan fingerprint density at radius 2 is 2.33 bits per heavy atom. The summed E-state index contributed by atoms with van der Waals surface area (Å²) in [6.07, 6.45) is 2.01. The van der Waals surface area contributed by atoms with Crippen molar-refractivity contribution < 1.29 is 4.74 Å². The topological polar surface area (TPSA) is 35.2 Å². The zero-order chi connectivity index (χ0) is 10.7. The van der Waals surface area contributed by atoms with Gasteiger partial charge in [-0.2, -0.15) is 0 Å². The third-order valence-corrected chi connectivity index (χ3v) is 3.32. The summed E-state index contributed by atoms with van der Waals surface area (Å²) in [6, 6.07) is 7.99. The van der Waals surface area contributed by atoms with Gasteiger partial charge in [0.2, 0.25) is 0 Å². The van der Waals surface area contributed by atoms with E-state index in [4.69, 9.17) is 22.1 Å². The molecule has 0 spiro atoms. The first-order valence-corrected chi connectivity index (χ1v) is 5.64. The van der Waals surface area contributed by atoms with Crippen molar-refractivity contribution in [1.82, 2.24) is 0 Å². The van der Waals surface area contributed by atoms with E-state index < -0.39 is 0 Å². The van der Waals surface area contributed by atoms with Crippen molar-refractivity contribution in [3.8, 4) is 0 Å². The Labute approximate surface area is 95.4 Å². The van der Waals surface area contributed by atoms with Crippen LogP contribution in [0.1, 0.15) is 12.0 Å². The molecule has 0 aromatic heterocycles. The molecule has 1 unspecified atom stereocenters. The Hall–Kier alpha value is -0.570. The lowest BCUT2D eigenvalue weighted by Gasteiger charge is -2.25. The van der Waals surface area contributed by atoms with Crippen LogP contribution in [0.2, 0.25) is 5.02 Å². The summed E-state index contributed by atoms with van der Waals surface area (Å²) in [5.41, 5.74) is 7.22. The molecule has 0 bridgehead atoms. The molecule has 15 heavy (non-hydrogen) atoms. The van der Waals surface area contributed by atoms with E-state index in [1.54, 1.807) is 0 Å². The SMILES string of the molecule is NCC1(Cc2cccc(Cl)c2)CCOC1. The van der Waals surface area contributed by atoms with E-state index in [0.29, 0.717) is 6.54 Å². The molecule has 1 fully saturated rings. The average molecular weight is 226 g/mol. The Bertz CT molecular complexity index is 334. The quantitative estimate of drug-likeness (QED) is 0.857. The molecule has 3 heteroatoms. The third kappa shape index (κ3) is 2.51. The van der Waals surface area contributed by atoms with Crippen LogP contribution in [-0.4, -0.2) is 19.8 Å². The number of hydrogen-bond donors (Lipinski definition) is 1. The lowest BCUT2D eigenvalue weighted by molar-refractivity contribution is 0.154. The van der Waals surface area contributed by atoms with Crippen LogP contribution in [0.25, 0.3) is 0 Å². The minimum absolute atomic E-state index is 0.130. The Morgan fingerprint density at radius 3 is 2.93 bits per heavy atom. The summed E-state index contributed by atoms with van der Waals surface area (Å²) < 4.78 is 5.44. The van der Waals surface area contributed by atoms with Gasteiger partial charge in [-0.25, -0.2) is 0 Å². The van der Waals surface area contributed by atoms with Gasteiger partial charge < -0.3 is 10.5 Å². The van der Waals surface area contributed by atoms with Gasteiger partial charge in [0.05, 0.1) is 6.61 Å². The molecule has 2 nitrogen and oxygen atoms in total. The van der Waals surface area contributed by atoms with Crippen LogP contribution in [0.15, 0.2) is 24.3 Å². The smallest absolute Gasteiger partial charge is 0.0538 e. The molecule has 1 aliphatic heterocycles. The van der Waals surface area contributed by atoms with Crippen LogP contribution in [0.3, 0.4) is 0 Å². The monoisotopic (exact) mass is 225 g/mol. The Kier molecular flexibility index (Phi) is 3.29. The molecule has 0 saturated carbocycles. The number of halogens is 1. The summed E-state index contributed by atoms with van der Waals surface area (Å²) >= 11 is 5.96. The first kappa shape index (κ1) is 10.9. The summed E-state index contributed by atoms with van der Waals surface area (Å²) in [4.78, 5) is 0. The number of ether oxygens (including phenoxy) is 1. The number of rotatable bonds is 3. The van der Waals surface area contributed by atoms with Gasteiger partial charge in [0.25, 0.3) is 0 Å². The van der Waals surface area contributed by atoms with Gasteiger partial charge in [-0.15, -0.1) is 0 Å². The predicted octanol–water partition coefficient (Wildman–Crippen LogP) is 2.25. The van der Waals surface area contributed by atoms with E-state index in [1.165, 1.54) is 5.56 Å². The second-order valence-electron chi connectivity index (χ2n) is 4.31. The fraction of sp³-hybridized carbons (Fsp3) is 0.500. The van der Waals surface area contributed by atoms with Crippen LogP contribution >= 0.6 is 11.6 Å². The van der Waals surface area contributed by atoms with Gasteiger partial charge in [0.1, 0.15) is 0 Å². The maximum absolute atomic E-state index is 5.96. The fourth-order valence-electron chi connectivity index (χ4n) is 2.10. The predicted molar refractivity (Wildman–Crippen MR) is 62.1 cm³/mol. The van der Waals surface area contributed by atoms with E-state index in [0.717, 1.165) is 31.1 Å². The van der Waals surface area contributed by atoms with Gasteiger partial charge in [-0.1, -0.05) is 23.7 Å². The maximum atomic E-state index is 5.96. The first-order valence-electron chi connectivity index (χ1n) is 5.26. The van der Waals surface area contributed by atoms with E-state index in [-0.39, 0.29) is 5.41 Å². The van der Waals surface area contributed by atoms with Crippen molar-refractivity contribution in [1.29, 1.82) is 0 Å². The van der Waals surface area contributed by atoms with Crippen molar-refractivity contribution in [2.75, 3.05) is 19.8 Å². The average Bonchev–Trinajstić information content (AvgIpc) is 2.67. The van der Waals surface area contributed by atoms with Crippen LogP contribution in [0.4, 0.5) is 0 Å². The van der Waals surface area contributed by atoms with Crippen LogP contribution in [0, 0.1) is 5.41 Å². The van der Waals surface area contributed by atoms with Crippen molar-refractivity contribution in [2.45, 2.75) is 12.8 Å². The van der Waals surface area contributed by atoms with E-state index in [2.05, 4.69) is 6.07 Å². The molecule has 2 rings (SSSR count). The highest BCUT2D eigenvalue weighted by atomic mass is 35.5. The normalized spacial score (nSPS) is 25.7. The number of nitrogens with two attached hydrogens (primary N) is 1. The largest absolute Gasteiger partial charge is 0.381 e. The molecule has 1 atom stereocenters. The van der Waals surface area contributed by atoms with Crippen LogP contribution in [-0.2, 0) is 11.2 Å². The van der Waals surface area contributed by atoms with E-state index in [1.807, 2.05) is 18.2 Å². The first-order chi connectivity index (χ1) is 7.24. The van der Waals surface area contributed by atoms with Crippen molar-refractivity contribution in [3.05, 3.63) is 34.9 Å². The molecule has 1 aromatic rings.